The topological polar surface area (TPSA) is 32.3 Å². The molecule has 1 unspecified atom stereocenters. The Hall–Kier alpha value is -0.280. The van der Waals surface area contributed by atoms with Crippen LogP contribution in [0.1, 0.15) is 6.42 Å². The highest BCUT2D eigenvalue weighted by molar-refractivity contribution is 6.27. The minimum Gasteiger partial charge on any atom is -0.340 e. The van der Waals surface area contributed by atoms with E-state index < -0.39 is 0 Å². The van der Waals surface area contributed by atoms with Crippen molar-refractivity contribution in [1.82, 2.24) is 10.2 Å². The van der Waals surface area contributed by atoms with Gasteiger partial charge in [-0.2, -0.15) is 0 Å². The number of carbonyl (C=O) groups excluding carboxylic acids is 1. The summed E-state index contributed by atoms with van der Waals surface area (Å²) in [5.41, 5.74) is 0. The quantitative estimate of drug-likeness (QED) is 0.603. The SMILES string of the molecule is CN(C(=O)CCl)C1CCNC1. The van der Waals surface area contributed by atoms with Crippen molar-refractivity contribution >= 4 is 17.5 Å². The summed E-state index contributed by atoms with van der Waals surface area (Å²) in [5, 5.41) is 3.20. The van der Waals surface area contributed by atoms with Gasteiger partial charge in [-0.05, 0) is 13.0 Å². The minimum atomic E-state index is 0.0142. The van der Waals surface area contributed by atoms with Crippen molar-refractivity contribution < 1.29 is 4.79 Å². The van der Waals surface area contributed by atoms with Crippen LogP contribution in [0.15, 0.2) is 0 Å². The van der Waals surface area contributed by atoms with Crippen LogP contribution in [-0.4, -0.2) is 42.9 Å². The monoisotopic (exact) mass is 176 g/mol. The van der Waals surface area contributed by atoms with E-state index in [1.807, 2.05) is 7.05 Å². The number of alkyl halides is 1. The lowest BCUT2D eigenvalue weighted by Crippen LogP contribution is -2.38. The first-order valence-electron chi connectivity index (χ1n) is 3.78. The van der Waals surface area contributed by atoms with Gasteiger partial charge in [-0.25, -0.2) is 0 Å². The molecule has 0 saturated carbocycles. The molecule has 11 heavy (non-hydrogen) atoms. The van der Waals surface area contributed by atoms with E-state index in [1.165, 1.54) is 0 Å². The molecule has 1 atom stereocenters. The van der Waals surface area contributed by atoms with Crippen LogP contribution in [0.5, 0.6) is 0 Å². The Kier molecular flexibility index (Phi) is 3.15. The molecule has 0 aliphatic carbocycles. The Morgan fingerprint density at radius 1 is 1.82 bits per heavy atom. The fourth-order valence-electron chi connectivity index (χ4n) is 1.27. The van der Waals surface area contributed by atoms with Crippen LogP contribution in [0.25, 0.3) is 0 Å². The van der Waals surface area contributed by atoms with E-state index >= 15 is 0 Å². The Morgan fingerprint density at radius 3 is 3.00 bits per heavy atom. The molecule has 1 aliphatic rings. The number of amides is 1. The highest BCUT2D eigenvalue weighted by Gasteiger charge is 2.21. The number of carbonyl (C=O) groups is 1. The van der Waals surface area contributed by atoms with Crippen molar-refractivity contribution in [3.63, 3.8) is 0 Å². The zero-order valence-electron chi connectivity index (χ0n) is 6.64. The minimum absolute atomic E-state index is 0.0142. The van der Waals surface area contributed by atoms with E-state index in [4.69, 9.17) is 11.6 Å². The molecule has 1 rings (SSSR count). The maximum absolute atomic E-state index is 11.1. The third kappa shape index (κ3) is 2.07. The molecule has 0 aromatic rings. The second-order valence-corrected chi connectivity index (χ2v) is 3.05. The average Bonchev–Trinajstić information content (AvgIpc) is 2.53. The number of nitrogens with zero attached hydrogens (tertiary/aromatic N) is 1. The summed E-state index contributed by atoms with van der Waals surface area (Å²) in [4.78, 5) is 12.8. The van der Waals surface area contributed by atoms with E-state index in [9.17, 15) is 4.79 Å². The predicted molar refractivity (Wildman–Crippen MR) is 44.8 cm³/mol. The molecule has 1 heterocycles. The van der Waals surface area contributed by atoms with E-state index in [0.717, 1.165) is 19.5 Å². The molecule has 64 valence electrons. The van der Waals surface area contributed by atoms with Crippen LogP contribution in [0.4, 0.5) is 0 Å². The first-order chi connectivity index (χ1) is 5.25. The maximum Gasteiger partial charge on any atom is 0.237 e. The van der Waals surface area contributed by atoms with Gasteiger partial charge in [0, 0.05) is 19.6 Å². The van der Waals surface area contributed by atoms with E-state index in [1.54, 1.807) is 4.90 Å². The highest BCUT2D eigenvalue weighted by Crippen LogP contribution is 2.06. The van der Waals surface area contributed by atoms with Crippen LogP contribution in [-0.2, 0) is 4.79 Å². The van der Waals surface area contributed by atoms with E-state index in [0.29, 0.717) is 6.04 Å². The third-order valence-electron chi connectivity index (χ3n) is 2.09. The molecule has 0 aromatic carbocycles. The Labute approximate surface area is 71.7 Å². The molecule has 1 saturated heterocycles. The number of hydrogen-bond donors (Lipinski definition) is 1. The second-order valence-electron chi connectivity index (χ2n) is 2.78. The zero-order valence-corrected chi connectivity index (χ0v) is 7.40. The first kappa shape index (κ1) is 8.81. The number of rotatable bonds is 2. The van der Waals surface area contributed by atoms with Gasteiger partial charge in [-0.3, -0.25) is 4.79 Å². The summed E-state index contributed by atoms with van der Waals surface area (Å²) in [6.07, 6.45) is 1.04. The molecule has 1 aliphatic heterocycles. The molecular formula is C7H13ClN2O. The largest absolute Gasteiger partial charge is 0.340 e. The summed E-state index contributed by atoms with van der Waals surface area (Å²) in [6, 6.07) is 0.348. The number of nitrogens with one attached hydrogen (secondary N) is 1. The summed E-state index contributed by atoms with van der Waals surface area (Å²) in [5.74, 6) is 0.105. The molecule has 1 N–H and O–H groups in total. The van der Waals surface area contributed by atoms with Gasteiger partial charge in [0.15, 0.2) is 0 Å². The van der Waals surface area contributed by atoms with Crippen molar-refractivity contribution in [2.45, 2.75) is 12.5 Å². The Bertz CT molecular complexity index is 145. The molecule has 0 bridgehead atoms. The van der Waals surface area contributed by atoms with Crippen molar-refractivity contribution in [2.24, 2.45) is 0 Å². The third-order valence-corrected chi connectivity index (χ3v) is 2.32. The first-order valence-corrected chi connectivity index (χ1v) is 4.31. The van der Waals surface area contributed by atoms with Gasteiger partial charge in [0.05, 0.1) is 0 Å². The molecule has 0 spiro atoms. The predicted octanol–water partition coefficient (Wildman–Crippen LogP) is 0.0455. The smallest absolute Gasteiger partial charge is 0.237 e. The van der Waals surface area contributed by atoms with Gasteiger partial charge in [0.1, 0.15) is 5.88 Å². The van der Waals surface area contributed by atoms with Gasteiger partial charge >= 0.3 is 0 Å². The standard InChI is InChI=1S/C7H13ClN2O/c1-10(7(11)4-8)6-2-3-9-5-6/h6,9H,2-5H2,1H3. The van der Waals surface area contributed by atoms with E-state index in [2.05, 4.69) is 5.32 Å². The lowest BCUT2D eigenvalue weighted by atomic mass is 10.2. The summed E-state index contributed by atoms with van der Waals surface area (Å²) < 4.78 is 0. The molecule has 1 fully saturated rings. The molecule has 4 heteroatoms. The lowest BCUT2D eigenvalue weighted by molar-refractivity contribution is -0.128. The van der Waals surface area contributed by atoms with Crippen LogP contribution in [0.2, 0.25) is 0 Å². The lowest BCUT2D eigenvalue weighted by Gasteiger charge is -2.22. The molecule has 0 radical (unpaired) electrons. The fraction of sp³-hybridized carbons (Fsp3) is 0.857. The van der Waals surface area contributed by atoms with Gasteiger partial charge in [0.25, 0.3) is 0 Å². The van der Waals surface area contributed by atoms with Gasteiger partial charge < -0.3 is 10.2 Å². The Morgan fingerprint density at radius 2 is 2.55 bits per heavy atom. The van der Waals surface area contributed by atoms with Crippen molar-refractivity contribution in [3.05, 3.63) is 0 Å². The summed E-state index contributed by atoms with van der Waals surface area (Å²) >= 11 is 5.41. The number of hydrogen-bond acceptors (Lipinski definition) is 2. The van der Waals surface area contributed by atoms with Crippen LogP contribution in [0.3, 0.4) is 0 Å². The van der Waals surface area contributed by atoms with Crippen molar-refractivity contribution in [2.75, 3.05) is 26.0 Å². The molecule has 3 nitrogen and oxygen atoms in total. The normalized spacial score (nSPS) is 23.6. The molecule has 0 aromatic heterocycles. The molecule has 1 amide bonds. The molecular weight excluding hydrogens is 164 g/mol. The van der Waals surface area contributed by atoms with Crippen LogP contribution < -0.4 is 5.32 Å². The van der Waals surface area contributed by atoms with Gasteiger partial charge in [-0.15, -0.1) is 11.6 Å². The van der Waals surface area contributed by atoms with Crippen molar-refractivity contribution in [1.29, 1.82) is 0 Å². The van der Waals surface area contributed by atoms with Gasteiger partial charge in [0.2, 0.25) is 5.91 Å². The van der Waals surface area contributed by atoms with Gasteiger partial charge in [-0.1, -0.05) is 0 Å². The van der Waals surface area contributed by atoms with E-state index in [-0.39, 0.29) is 11.8 Å². The fourth-order valence-corrected chi connectivity index (χ4v) is 1.46. The highest BCUT2D eigenvalue weighted by atomic mass is 35.5. The number of halogens is 1. The average molecular weight is 177 g/mol. The Balaban J connectivity index is 2.39. The van der Waals surface area contributed by atoms with Crippen LogP contribution in [0, 0.1) is 0 Å². The van der Waals surface area contributed by atoms with Crippen LogP contribution >= 0.6 is 11.6 Å². The second kappa shape index (κ2) is 3.93. The number of likely N-dealkylation sites (N-methyl/N-ethyl adjacent to an activating group) is 1. The van der Waals surface area contributed by atoms with Crippen molar-refractivity contribution in [3.8, 4) is 0 Å². The maximum atomic E-state index is 11.1. The summed E-state index contributed by atoms with van der Waals surface area (Å²) in [7, 11) is 1.81. The summed E-state index contributed by atoms with van der Waals surface area (Å²) in [6.45, 7) is 1.91. The zero-order chi connectivity index (χ0) is 8.27.